The third-order valence-electron chi connectivity index (χ3n) is 13.2. The first-order valence-electron chi connectivity index (χ1n) is 21.8. The number of furan rings is 1. The number of rotatable bonds is 7. The zero-order valence-electron chi connectivity index (χ0n) is 34.0. The van der Waals surface area contributed by atoms with Gasteiger partial charge in [0, 0.05) is 33.1 Å². The Bertz CT molecular complexity index is 3400. The molecule has 1 saturated carbocycles. The van der Waals surface area contributed by atoms with Gasteiger partial charge in [-0.25, -0.2) is 0 Å². The van der Waals surface area contributed by atoms with Crippen molar-refractivity contribution in [2.75, 3.05) is 4.90 Å². The van der Waals surface area contributed by atoms with Crippen LogP contribution in [0.4, 0.5) is 17.1 Å². The van der Waals surface area contributed by atoms with Crippen LogP contribution in [0.25, 0.3) is 82.5 Å². The second kappa shape index (κ2) is 14.7. The van der Waals surface area contributed by atoms with Crippen LogP contribution in [0.5, 0.6) is 0 Å². The van der Waals surface area contributed by atoms with E-state index in [2.05, 4.69) is 210 Å². The largest absolute Gasteiger partial charge is 0.456 e. The molecule has 0 atom stereocenters. The molecule has 0 spiro atoms. The van der Waals surface area contributed by atoms with Gasteiger partial charge in [0.15, 0.2) is 0 Å². The van der Waals surface area contributed by atoms with Crippen LogP contribution in [0, 0.1) is 0 Å². The van der Waals surface area contributed by atoms with Gasteiger partial charge in [-0.1, -0.05) is 159 Å². The number of para-hydroxylation sites is 4. The van der Waals surface area contributed by atoms with Gasteiger partial charge in [-0.2, -0.15) is 0 Å². The monoisotopic (exact) mass is 784 g/mol. The van der Waals surface area contributed by atoms with Crippen molar-refractivity contribution in [2.24, 2.45) is 0 Å². The lowest BCUT2D eigenvalue weighted by atomic mass is 9.80. The van der Waals surface area contributed by atoms with Crippen molar-refractivity contribution in [3.63, 3.8) is 0 Å². The zero-order chi connectivity index (χ0) is 40.3. The molecule has 61 heavy (non-hydrogen) atoms. The van der Waals surface area contributed by atoms with Gasteiger partial charge in [0.1, 0.15) is 11.2 Å². The van der Waals surface area contributed by atoms with Gasteiger partial charge in [0.05, 0.1) is 27.8 Å². The van der Waals surface area contributed by atoms with E-state index >= 15 is 0 Å². The Morgan fingerprint density at radius 3 is 1.93 bits per heavy atom. The normalized spacial score (nSPS) is 13.5. The number of fused-ring (bicyclic) bond motifs is 7. The summed E-state index contributed by atoms with van der Waals surface area (Å²) in [5.74, 6) is 0.576. The summed E-state index contributed by atoms with van der Waals surface area (Å²) in [6.07, 6.45) is 6.45. The number of benzene rings is 9. The highest BCUT2D eigenvalue weighted by Gasteiger charge is 2.25. The van der Waals surface area contributed by atoms with Crippen molar-refractivity contribution in [1.82, 2.24) is 4.57 Å². The van der Waals surface area contributed by atoms with Gasteiger partial charge in [0.25, 0.3) is 0 Å². The molecule has 1 aliphatic carbocycles. The molecule has 12 rings (SSSR count). The average Bonchev–Trinajstić information content (AvgIpc) is 3.89. The minimum absolute atomic E-state index is 0.576. The molecule has 11 aromatic rings. The molecule has 3 nitrogen and oxygen atoms in total. The molecule has 0 aliphatic heterocycles. The summed E-state index contributed by atoms with van der Waals surface area (Å²) in [5.41, 5.74) is 15.0. The third-order valence-corrected chi connectivity index (χ3v) is 13.2. The Morgan fingerprint density at radius 2 is 1.07 bits per heavy atom. The van der Waals surface area contributed by atoms with Crippen molar-refractivity contribution in [2.45, 2.75) is 38.0 Å². The van der Waals surface area contributed by atoms with Crippen LogP contribution in [0.1, 0.15) is 43.6 Å². The molecule has 3 heteroatoms. The summed E-state index contributed by atoms with van der Waals surface area (Å²) in [7, 11) is 0. The molecule has 1 fully saturated rings. The molecule has 1 aliphatic rings. The van der Waals surface area contributed by atoms with Crippen LogP contribution in [0.2, 0.25) is 0 Å². The minimum atomic E-state index is 0.576. The molecule has 292 valence electrons. The molecule has 0 unspecified atom stereocenters. The summed E-state index contributed by atoms with van der Waals surface area (Å²) >= 11 is 0. The molecule has 0 saturated heterocycles. The van der Waals surface area contributed by atoms with E-state index in [0.717, 1.165) is 44.7 Å². The van der Waals surface area contributed by atoms with E-state index in [0.29, 0.717) is 5.92 Å². The highest BCUT2D eigenvalue weighted by Crippen LogP contribution is 2.49. The molecule has 0 bridgehead atoms. The third kappa shape index (κ3) is 5.87. The summed E-state index contributed by atoms with van der Waals surface area (Å²) in [6, 6.07) is 73.2. The molecular formula is C58H44N2O. The molecular weight excluding hydrogens is 741 g/mol. The highest BCUT2D eigenvalue weighted by atomic mass is 16.3. The fourth-order valence-electron chi connectivity index (χ4n) is 10.5. The maximum absolute atomic E-state index is 6.53. The summed E-state index contributed by atoms with van der Waals surface area (Å²) in [5, 5.41) is 7.41. The Morgan fingerprint density at radius 1 is 0.426 bits per heavy atom. The van der Waals surface area contributed by atoms with Gasteiger partial charge >= 0.3 is 0 Å². The summed E-state index contributed by atoms with van der Waals surface area (Å²) < 4.78 is 8.92. The van der Waals surface area contributed by atoms with E-state index in [-0.39, 0.29) is 0 Å². The Hall–Kier alpha value is -7.36. The molecule has 2 aromatic heterocycles. The molecule has 2 heterocycles. The van der Waals surface area contributed by atoms with Crippen molar-refractivity contribution in [3.8, 4) is 27.9 Å². The minimum Gasteiger partial charge on any atom is -0.456 e. The Balaban J connectivity index is 1.07. The van der Waals surface area contributed by atoms with Crippen LogP contribution >= 0.6 is 0 Å². The topological polar surface area (TPSA) is 21.3 Å². The smallest absolute Gasteiger partial charge is 0.137 e. The van der Waals surface area contributed by atoms with Gasteiger partial charge in [-0.05, 0) is 112 Å². The summed E-state index contributed by atoms with van der Waals surface area (Å²) in [4.78, 5) is 2.47. The lowest BCUT2D eigenvalue weighted by molar-refractivity contribution is 0.445. The first-order valence-corrected chi connectivity index (χ1v) is 21.8. The summed E-state index contributed by atoms with van der Waals surface area (Å²) in [6.45, 7) is 0. The molecule has 0 radical (unpaired) electrons. The lowest BCUT2D eigenvalue weighted by Gasteiger charge is -2.29. The van der Waals surface area contributed by atoms with Crippen LogP contribution in [0.3, 0.4) is 0 Å². The fraction of sp³-hybridized carbons (Fsp3) is 0.103. The van der Waals surface area contributed by atoms with Crippen LogP contribution in [0.15, 0.2) is 205 Å². The maximum Gasteiger partial charge on any atom is 0.137 e. The van der Waals surface area contributed by atoms with E-state index in [4.69, 9.17) is 4.42 Å². The standard InChI is InChI=1S/C58H44N2O/c1-3-17-39(18-4-1)44-26-13-19-41-20-14-28-47(56(41)44)46-23-7-10-29-50(46)60(53-32-16-34-55-58(53)49-25-9-12-33-54(49)61-55)43-37-35-40(36-38-43)45-27-15-31-52-57(45)48-24-8-11-30-51(48)59(52)42-21-5-2-6-22-42/h2,5-16,19-39H,1,3-4,17-18H2. The SMILES string of the molecule is c1ccc(-n2c3ccccc3c3c(-c4ccc(N(c5ccccc5-c5cccc6cccc(C7CCCCC7)c56)c5cccc6oc7ccccc7c56)cc4)cccc32)cc1. The van der Waals surface area contributed by atoms with Crippen molar-refractivity contribution in [1.29, 1.82) is 0 Å². The Labute approximate surface area is 355 Å². The van der Waals surface area contributed by atoms with Gasteiger partial charge in [-0.15, -0.1) is 0 Å². The molecule has 0 N–H and O–H groups in total. The number of hydrogen-bond donors (Lipinski definition) is 0. The maximum atomic E-state index is 6.53. The van der Waals surface area contributed by atoms with Crippen LogP contribution < -0.4 is 4.90 Å². The average molecular weight is 785 g/mol. The van der Waals surface area contributed by atoms with Crippen LogP contribution in [-0.2, 0) is 0 Å². The fourth-order valence-corrected chi connectivity index (χ4v) is 10.5. The molecule has 9 aromatic carbocycles. The lowest BCUT2D eigenvalue weighted by Crippen LogP contribution is -2.12. The van der Waals surface area contributed by atoms with E-state index < -0.39 is 0 Å². The first-order chi connectivity index (χ1) is 30.3. The Kier molecular flexibility index (Phi) is 8.59. The highest BCUT2D eigenvalue weighted by molar-refractivity contribution is 6.17. The predicted molar refractivity (Wildman–Crippen MR) is 257 cm³/mol. The second-order valence-corrected chi connectivity index (χ2v) is 16.6. The number of hydrogen-bond acceptors (Lipinski definition) is 2. The number of aromatic nitrogens is 1. The van der Waals surface area contributed by atoms with Gasteiger partial charge in [0.2, 0.25) is 0 Å². The van der Waals surface area contributed by atoms with Crippen LogP contribution in [-0.4, -0.2) is 4.57 Å². The van der Waals surface area contributed by atoms with Gasteiger partial charge in [-0.3, -0.25) is 0 Å². The van der Waals surface area contributed by atoms with Gasteiger partial charge < -0.3 is 13.9 Å². The van der Waals surface area contributed by atoms with E-state index in [9.17, 15) is 0 Å². The first kappa shape index (κ1) is 35.6. The van der Waals surface area contributed by atoms with Crippen molar-refractivity contribution >= 4 is 71.6 Å². The molecule has 0 amide bonds. The second-order valence-electron chi connectivity index (χ2n) is 16.6. The zero-order valence-corrected chi connectivity index (χ0v) is 34.0. The predicted octanol–water partition coefficient (Wildman–Crippen LogP) is 16.7. The number of nitrogens with zero attached hydrogens (tertiary/aromatic N) is 2. The number of anilines is 3. The quantitative estimate of drug-likeness (QED) is 0.161. The van der Waals surface area contributed by atoms with E-state index in [1.54, 1.807) is 0 Å². The van der Waals surface area contributed by atoms with E-state index in [1.807, 2.05) is 0 Å². The van der Waals surface area contributed by atoms with Crippen molar-refractivity contribution < 1.29 is 4.42 Å². The van der Waals surface area contributed by atoms with E-state index in [1.165, 1.54) is 92.5 Å². The van der Waals surface area contributed by atoms with Crippen molar-refractivity contribution in [3.05, 3.63) is 206 Å².